The first-order valence-electron chi connectivity index (χ1n) is 7.84. The van der Waals surface area contributed by atoms with Gasteiger partial charge in [0.1, 0.15) is 10.6 Å². The molecule has 5 heteroatoms. The SMILES string of the molecule is CCCNc1nc(NC2CC2(C)C)c2cc(CC)sc2n1. The number of aromatic nitrogens is 2. The summed E-state index contributed by atoms with van der Waals surface area (Å²) in [6.07, 6.45) is 3.33. The van der Waals surface area contributed by atoms with Crippen LogP contribution in [0.1, 0.15) is 45.4 Å². The van der Waals surface area contributed by atoms with Crippen LogP contribution in [0.25, 0.3) is 10.2 Å². The van der Waals surface area contributed by atoms with Gasteiger partial charge < -0.3 is 10.6 Å². The van der Waals surface area contributed by atoms with Gasteiger partial charge in [0.2, 0.25) is 5.95 Å². The minimum atomic E-state index is 0.387. The van der Waals surface area contributed by atoms with Crippen LogP contribution in [0, 0.1) is 5.41 Å². The molecule has 21 heavy (non-hydrogen) atoms. The van der Waals surface area contributed by atoms with E-state index in [1.807, 2.05) is 0 Å². The van der Waals surface area contributed by atoms with Gasteiger partial charge >= 0.3 is 0 Å². The average molecular weight is 304 g/mol. The number of thiophene rings is 1. The van der Waals surface area contributed by atoms with Gasteiger partial charge in [-0.1, -0.05) is 27.7 Å². The smallest absolute Gasteiger partial charge is 0.226 e. The van der Waals surface area contributed by atoms with E-state index in [0.717, 1.165) is 36.0 Å². The molecule has 0 bridgehead atoms. The molecule has 2 aromatic heterocycles. The summed E-state index contributed by atoms with van der Waals surface area (Å²) in [6, 6.07) is 2.76. The zero-order valence-electron chi connectivity index (χ0n) is 13.3. The monoisotopic (exact) mass is 304 g/mol. The molecule has 2 aromatic rings. The van der Waals surface area contributed by atoms with Gasteiger partial charge in [-0.3, -0.25) is 0 Å². The molecule has 3 rings (SSSR count). The van der Waals surface area contributed by atoms with Crippen molar-refractivity contribution < 1.29 is 0 Å². The minimum Gasteiger partial charge on any atom is -0.366 e. The molecule has 2 heterocycles. The molecule has 1 fully saturated rings. The number of hydrogen-bond acceptors (Lipinski definition) is 5. The van der Waals surface area contributed by atoms with Crippen molar-refractivity contribution in [1.82, 2.24) is 9.97 Å². The van der Waals surface area contributed by atoms with Crippen LogP contribution >= 0.6 is 11.3 Å². The topological polar surface area (TPSA) is 49.8 Å². The Hall–Kier alpha value is -1.36. The zero-order chi connectivity index (χ0) is 15.0. The summed E-state index contributed by atoms with van der Waals surface area (Å²) in [7, 11) is 0. The van der Waals surface area contributed by atoms with Crippen LogP contribution in [-0.2, 0) is 6.42 Å². The van der Waals surface area contributed by atoms with E-state index in [4.69, 9.17) is 4.98 Å². The molecular weight excluding hydrogens is 280 g/mol. The van der Waals surface area contributed by atoms with E-state index in [1.165, 1.54) is 16.7 Å². The van der Waals surface area contributed by atoms with Crippen LogP contribution in [0.15, 0.2) is 6.07 Å². The molecule has 0 aromatic carbocycles. The van der Waals surface area contributed by atoms with Gasteiger partial charge in [-0.05, 0) is 30.7 Å². The lowest BCUT2D eigenvalue weighted by Gasteiger charge is -2.10. The Balaban J connectivity index is 1.95. The summed E-state index contributed by atoms with van der Waals surface area (Å²) in [5, 5.41) is 8.10. The van der Waals surface area contributed by atoms with Crippen molar-refractivity contribution in [2.24, 2.45) is 5.41 Å². The number of aryl methyl sites for hydroxylation is 1. The normalized spacial score (nSPS) is 19.7. The van der Waals surface area contributed by atoms with Gasteiger partial charge in [0.05, 0.1) is 5.39 Å². The largest absolute Gasteiger partial charge is 0.366 e. The van der Waals surface area contributed by atoms with Gasteiger partial charge in [0, 0.05) is 17.5 Å². The molecular formula is C16H24N4S. The second kappa shape index (κ2) is 5.44. The molecule has 0 spiro atoms. The molecule has 1 atom stereocenters. The third-order valence-corrected chi connectivity index (χ3v) is 5.32. The van der Waals surface area contributed by atoms with E-state index in [0.29, 0.717) is 11.5 Å². The van der Waals surface area contributed by atoms with Crippen molar-refractivity contribution in [3.63, 3.8) is 0 Å². The molecule has 0 saturated heterocycles. The zero-order valence-corrected chi connectivity index (χ0v) is 14.1. The van der Waals surface area contributed by atoms with Crippen molar-refractivity contribution in [2.45, 2.75) is 53.0 Å². The second-order valence-electron chi connectivity index (χ2n) is 6.50. The van der Waals surface area contributed by atoms with Gasteiger partial charge in [-0.2, -0.15) is 4.98 Å². The Bertz CT molecular complexity index is 647. The van der Waals surface area contributed by atoms with Crippen molar-refractivity contribution in [1.29, 1.82) is 0 Å². The maximum Gasteiger partial charge on any atom is 0.226 e. The van der Waals surface area contributed by atoms with E-state index in [9.17, 15) is 0 Å². The van der Waals surface area contributed by atoms with Gasteiger partial charge in [-0.15, -0.1) is 11.3 Å². The molecule has 0 radical (unpaired) electrons. The molecule has 1 unspecified atom stereocenters. The van der Waals surface area contributed by atoms with E-state index < -0.39 is 0 Å². The number of anilines is 2. The molecule has 4 nitrogen and oxygen atoms in total. The van der Waals surface area contributed by atoms with Crippen molar-refractivity contribution >= 4 is 33.3 Å². The fourth-order valence-corrected chi connectivity index (χ4v) is 3.42. The maximum absolute atomic E-state index is 4.71. The first kappa shape index (κ1) is 14.6. The van der Waals surface area contributed by atoms with Gasteiger partial charge in [-0.25, -0.2) is 4.98 Å². The number of fused-ring (bicyclic) bond motifs is 1. The van der Waals surface area contributed by atoms with E-state index in [-0.39, 0.29) is 0 Å². The highest BCUT2D eigenvalue weighted by Crippen LogP contribution is 2.47. The summed E-state index contributed by atoms with van der Waals surface area (Å²) in [5.74, 6) is 1.74. The van der Waals surface area contributed by atoms with E-state index in [1.54, 1.807) is 11.3 Å². The molecule has 114 valence electrons. The molecule has 1 saturated carbocycles. The lowest BCUT2D eigenvalue weighted by molar-refractivity contribution is 0.630. The Morgan fingerprint density at radius 1 is 1.33 bits per heavy atom. The van der Waals surface area contributed by atoms with Gasteiger partial charge in [0.25, 0.3) is 0 Å². The summed E-state index contributed by atoms with van der Waals surface area (Å²) < 4.78 is 0. The summed E-state index contributed by atoms with van der Waals surface area (Å²) in [6.45, 7) is 9.84. The predicted molar refractivity (Wildman–Crippen MR) is 91.4 cm³/mol. The number of nitrogens with zero attached hydrogens (tertiary/aromatic N) is 2. The number of hydrogen-bond donors (Lipinski definition) is 2. The summed E-state index contributed by atoms with van der Waals surface area (Å²) >= 11 is 1.78. The second-order valence-corrected chi connectivity index (χ2v) is 7.61. The standard InChI is InChI=1S/C16H24N4S/c1-5-7-17-15-19-13(18-12-9-16(12,3)4)11-8-10(6-2)21-14(11)20-15/h8,12H,5-7,9H2,1-4H3,(H2,17,18,19,20). The third kappa shape index (κ3) is 2.98. The molecule has 0 amide bonds. The van der Waals surface area contributed by atoms with Crippen molar-refractivity contribution in [2.75, 3.05) is 17.2 Å². The van der Waals surface area contributed by atoms with Crippen molar-refractivity contribution in [3.05, 3.63) is 10.9 Å². The molecule has 2 N–H and O–H groups in total. The fraction of sp³-hybridized carbons (Fsp3) is 0.625. The highest BCUT2D eigenvalue weighted by atomic mass is 32.1. The Morgan fingerprint density at radius 2 is 2.10 bits per heavy atom. The highest BCUT2D eigenvalue weighted by Gasteiger charge is 2.46. The van der Waals surface area contributed by atoms with E-state index in [2.05, 4.69) is 49.4 Å². The van der Waals surface area contributed by atoms with Crippen molar-refractivity contribution in [3.8, 4) is 0 Å². The maximum atomic E-state index is 4.71. The van der Waals surface area contributed by atoms with Crippen LogP contribution in [0.4, 0.5) is 11.8 Å². The lowest BCUT2D eigenvalue weighted by atomic mass is 10.2. The van der Waals surface area contributed by atoms with Crippen LogP contribution in [-0.4, -0.2) is 22.6 Å². The molecule has 0 aliphatic heterocycles. The van der Waals surface area contributed by atoms with Crippen LogP contribution in [0.5, 0.6) is 0 Å². The Kier molecular flexibility index (Phi) is 3.78. The third-order valence-electron chi connectivity index (χ3n) is 4.15. The Labute approximate surface area is 130 Å². The summed E-state index contributed by atoms with van der Waals surface area (Å²) in [5.41, 5.74) is 0.387. The van der Waals surface area contributed by atoms with Crippen LogP contribution in [0.2, 0.25) is 0 Å². The highest BCUT2D eigenvalue weighted by molar-refractivity contribution is 7.18. The average Bonchev–Trinajstić information content (AvgIpc) is 2.88. The van der Waals surface area contributed by atoms with Crippen LogP contribution < -0.4 is 10.6 Å². The first-order valence-corrected chi connectivity index (χ1v) is 8.66. The quantitative estimate of drug-likeness (QED) is 0.836. The first-order chi connectivity index (χ1) is 10.0. The van der Waals surface area contributed by atoms with E-state index >= 15 is 0 Å². The predicted octanol–water partition coefficient (Wildman–Crippen LogP) is 4.29. The minimum absolute atomic E-state index is 0.387. The van der Waals surface area contributed by atoms with Gasteiger partial charge in [0.15, 0.2) is 0 Å². The Morgan fingerprint density at radius 3 is 2.71 bits per heavy atom. The number of nitrogens with one attached hydrogen (secondary N) is 2. The summed E-state index contributed by atoms with van der Waals surface area (Å²) in [4.78, 5) is 11.8. The molecule has 1 aliphatic carbocycles. The number of rotatable bonds is 6. The molecule has 1 aliphatic rings. The lowest BCUT2D eigenvalue weighted by Crippen LogP contribution is -2.12. The fourth-order valence-electron chi connectivity index (χ4n) is 2.45. The van der Waals surface area contributed by atoms with Crippen LogP contribution in [0.3, 0.4) is 0 Å².